The molecule has 0 aromatic heterocycles. The third-order valence-electron chi connectivity index (χ3n) is 3.65. The molecule has 0 aliphatic carbocycles. The van der Waals surface area contributed by atoms with Crippen molar-refractivity contribution in [1.29, 1.82) is 0 Å². The van der Waals surface area contributed by atoms with Crippen molar-refractivity contribution in [2.75, 3.05) is 12.3 Å². The van der Waals surface area contributed by atoms with Crippen LogP contribution in [0.3, 0.4) is 0 Å². The van der Waals surface area contributed by atoms with Crippen LogP contribution in [0, 0.1) is 16.7 Å². The van der Waals surface area contributed by atoms with Gasteiger partial charge < -0.3 is 5.32 Å². The lowest BCUT2D eigenvalue weighted by molar-refractivity contribution is -0.130. The fourth-order valence-electron chi connectivity index (χ4n) is 2.01. The van der Waals surface area contributed by atoms with Crippen LogP contribution in [0.5, 0.6) is 0 Å². The SMILES string of the molecule is CCC(C)(C)C(CC(C)(C)C)C(=O)NCCS(=O)(=O)O. The first kappa shape index (κ1) is 19.4. The highest BCUT2D eigenvalue weighted by Gasteiger charge is 2.36. The molecule has 1 amide bonds. The van der Waals surface area contributed by atoms with E-state index < -0.39 is 15.9 Å². The fourth-order valence-corrected chi connectivity index (χ4v) is 2.37. The Morgan fingerprint density at radius 2 is 1.70 bits per heavy atom. The zero-order chi connectivity index (χ0) is 16.2. The Hall–Kier alpha value is -0.620. The molecule has 0 aromatic rings. The molecular weight excluding hydrogens is 278 g/mol. The molecule has 0 spiro atoms. The van der Waals surface area contributed by atoms with Crippen molar-refractivity contribution in [3.63, 3.8) is 0 Å². The Morgan fingerprint density at radius 1 is 1.20 bits per heavy atom. The van der Waals surface area contributed by atoms with Gasteiger partial charge in [0.05, 0.1) is 5.75 Å². The highest BCUT2D eigenvalue weighted by atomic mass is 32.2. The predicted molar refractivity (Wildman–Crippen MR) is 81.1 cm³/mol. The zero-order valence-corrected chi connectivity index (χ0v) is 14.3. The number of carbonyl (C=O) groups excluding carboxylic acids is 1. The summed E-state index contributed by atoms with van der Waals surface area (Å²) in [5.74, 6) is -0.780. The number of rotatable bonds is 7. The van der Waals surface area contributed by atoms with Gasteiger partial charge in [-0.25, -0.2) is 0 Å². The minimum atomic E-state index is -4.04. The summed E-state index contributed by atoms with van der Waals surface area (Å²) >= 11 is 0. The first-order valence-corrected chi connectivity index (χ1v) is 8.62. The quantitative estimate of drug-likeness (QED) is 0.708. The second kappa shape index (κ2) is 6.89. The van der Waals surface area contributed by atoms with E-state index in [4.69, 9.17) is 4.55 Å². The molecule has 0 fully saturated rings. The predicted octanol–water partition coefficient (Wildman–Crippen LogP) is 2.48. The van der Waals surface area contributed by atoms with Crippen molar-refractivity contribution in [3.8, 4) is 0 Å². The Bertz CT molecular complexity index is 421. The van der Waals surface area contributed by atoms with E-state index in [9.17, 15) is 13.2 Å². The Labute approximate surface area is 123 Å². The second-order valence-corrected chi connectivity index (χ2v) is 8.81. The third kappa shape index (κ3) is 7.85. The van der Waals surface area contributed by atoms with E-state index in [-0.39, 0.29) is 29.2 Å². The van der Waals surface area contributed by atoms with Gasteiger partial charge in [-0.15, -0.1) is 0 Å². The lowest BCUT2D eigenvalue weighted by Crippen LogP contribution is -2.42. The minimum absolute atomic E-state index is 0.0114. The van der Waals surface area contributed by atoms with Crippen molar-refractivity contribution < 1.29 is 17.8 Å². The van der Waals surface area contributed by atoms with Crippen LogP contribution >= 0.6 is 0 Å². The van der Waals surface area contributed by atoms with Gasteiger partial charge in [-0.05, 0) is 17.3 Å². The maximum Gasteiger partial charge on any atom is 0.266 e. The summed E-state index contributed by atoms with van der Waals surface area (Å²) in [6.07, 6.45) is 1.59. The van der Waals surface area contributed by atoms with Gasteiger partial charge in [-0.3, -0.25) is 9.35 Å². The Balaban J connectivity index is 4.83. The molecule has 5 nitrogen and oxygen atoms in total. The van der Waals surface area contributed by atoms with Gasteiger partial charge in [0.15, 0.2) is 0 Å². The van der Waals surface area contributed by atoms with Gasteiger partial charge in [0, 0.05) is 12.5 Å². The average Bonchev–Trinajstić information content (AvgIpc) is 2.22. The average molecular weight is 307 g/mol. The maximum absolute atomic E-state index is 12.3. The molecule has 0 saturated heterocycles. The van der Waals surface area contributed by atoms with Crippen LogP contribution in [0.25, 0.3) is 0 Å². The monoisotopic (exact) mass is 307 g/mol. The standard InChI is InChI=1S/C14H29NO4S/c1-7-14(5,6)11(10-13(2,3)4)12(16)15-8-9-20(17,18)19/h11H,7-10H2,1-6H3,(H,15,16)(H,17,18,19). The maximum atomic E-state index is 12.3. The third-order valence-corrected chi connectivity index (χ3v) is 4.37. The van der Waals surface area contributed by atoms with Gasteiger partial charge in [0.1, 0.15) is 0 Å². The number of carbonyl (C=O) groups is 1. The van der Waals surface area contributed by atoms with E-state index >= 15 is 0 Å². The van der Waals surface area contributed by atoms with Crippen LogP contribution in [-0.2, 0) is 14.9 Å². The Kier molecular flexibility index (Phi) is 6.68. The summed E-state index contributed by atoms with van der Waals surface area (Å²) in [6, 6.07) is 0. The summed E-state index contributed by atoms with van der Waals surface area (Å²) in [4.78, 5) is 12.3. The lowest BCUT2D eigenvalue weighted by Gasteiger charge is -2.36. The van der Waals surface area contributed by atoms with E-state index in [0.29, 0.717) is 0 Å². The molecule has 0 bridgehead atoms. The summed E-state index contributed by atoms with van der Waals surface area (Å²) in [5, 5.41) is 2.62. The van der Waals surface area contributed by atoms with Gasteiger partial charge in [0.2, 0.25) is 5.91 Å². The zero-order valence-electron chi connectivity index (χ0n) is 13.5. The van der Waals surface area contributed by atoms with Gasteiger partial charge in [0.25, 0.3) is 10.1 Å². The van der Waals surface area contributed by atoms with Crippen molar-refractivity contribution in [1.82, 2.24) is 5.32 Å². The van der Waals surface area contributed by atoms with Crippen molar-refractivity contribution in [2.24, 2.45) is 16.7 Å². The van der Waals surface area contributed by atoms with Crippen LogP contribution in [0.1, 0.15) is 54.4 Å². The normalized spacial score (nSPS) is 14.9. The molecule has 6 heteroatoms. The summed E-state index contributed by atoms with van der Waals surface area (Å²) in [7, 11) is -4.04. The van der Waals surface area contributed by atoms with Gasteiger partial charge >= 0.3 is 0 Å². The van der Waals surface area contributed by atoms with E-state index in [1.54, 1.807) is 0 Å². The van der Waals surface area contributed by atoms with Crippen LogP contribution in [0.2, 0.25) is 0 Å². The van der Waals surface area contributed by atoms with Crippen molar-refractivity contribution in [3.05, 3.63) is 0 Å². The molecule has 0 radical (unpaired) electrons. The minimum Gasteiger partial charge on any atom is -0.355 e. The van der Waals surface area contributed by atoms with Gasteiger partial charge in [-0.2, -0.15) is 8.42 Å². The highest BCUT2D eigenvalue weighted by Crippen LogP contribution is 2.38. The number of nitrogens with one attached hydrogen (secondary N) is 1. The van der Waals surface area contributed by atoms with E-state index in [0.717, 1.165) is 12.8 Å². The lowest BCUT2D eigenvalue weighted by atomic mass is 9.69. The number of amides is 1. The van der Waals surface area contributed by atoms with Crippen LogP contribution in [0.4, 0.5) is 0 Å². The summed E-state index contributed by atoms with van der Waals surface area (Å²) in [6.45, 7) is 12.3. The molecule has 20 heavy (non-hydrogen) atoms. The fraction of sp³-hybridized carbons (Fsp3) is 0.929. The van der Waals surface area contributed by atoms with E-state index in [1.165, 1.54) is 0 Å². The molecule has 0 aliphatic heterocycles. The Morgan fingerprint density at radius 3 is 2.05 bits per heavy atom. The van der Waals surface area contributed by atoms with Crippen LogP contribution < -0.4 is 5.32 Å². The largest absolute Gasteiger partial charge is 0.355 e. The smallest absolute Gasteiger partial charge is 0.266 e. The van der Waals surface area contributed by atoms with E-state index in [2.05, 4.69) is 26.1 Å². The first-order chi connectivity index (χ1) is 8.78. The van der Waals surface area contributed by atoms with Crippen LogP contribution in [0.15, 0.2) is 0 Å². The second-order valence-electron chi connectivity index (χ2n) is 7.24. The summed E-state index contributed by atoms with van der Waals surface area (Å²) in [5.41, 5.74) is -0.146. The number of hydrogen-bond acceptors (Lipinski definition) is 3. The number of hydrogen-bond donors (Lipinski definition) is 2. The molecule has 0 aromatic carbocycles. The van der Waals surface area contributed by atoms with Crippen molar-refractivity contribution in [2.45, 2.75) is 54.4 Å². The first-order valence-electron chi connectivity index (χ1n) is 7.01. The molecule has 0 heterocycles. The van der Waals surface area contributed by atoms with E-state index in [1.807, 2.05) is 20.8 Å². The molecule has 1 unspecified atom stereocenters. The topological polar surface area (TPSA) is 83.5 Å². The highest BCUT2D eigenvalue weighted by molar-refractivity contribution is 7.85. The molecule has 0 rings (SSSR count). The molecule has 2 N–H and O–H groups in total. The van der Waals surface area contributed by atoms with Gasteiger partial charge in [-0.1, -0.05) is 48.0 Å². The molecule has 120 valence electrons. The molecule has 0 saturated carbocycles. The van der Waals surface area contributed by atoms with Crippen molar-refractivity contribution >= 4 is 16.0 Å². The van der Waals surface area contributed by atoms with Crippen LogP contribution in [-0.4, -0.2) is 31.2 Å². The molecular formula is C14H29NO4S. The molecule has 0 aliphatic rings. The summed E-state index contributed by atoms with van der Waals surface area (Å²) < 4.78 is 30.0. The molecule has 1 atom stereocenters.